The summed E-state index contributed by atoms with van der Waals surface area (Å²) in [4.78, 5) is 0. The molecule has 3 rings (SSSR count). The van der Waals surface area contributed by atoms with Crippen molar-refractivity contribution in [1.29, 1.82) is 0 Å². The van der Waals surface area contributed by atoms with Gasteiger partial charge in [-0.25, -0.2) is 0 Å². The highest BCUT2D eigenvalue weighted by Crippen LogP contribution is 2.30. The van der Waals surface area contributed by atoms with Crippen LogP contribution in [0.5, 0.6) is 11.5 Å². The molecule has 0 saturated heterocycles. The Hall–Kier alpha value is -2.39. The third-order valence-corrected chi connectivity index (χ3v) is 3.51. The molecule has 22 heavy (non-hydrogen) atoms. The number of phenols is 2. The molecule has 3 N–H and O–H groups in total. The third-order valence-electron chi connectivity index (χ3n) is 3.51. The van der Waals surface area contributed by atoms with E-state index in [2.05, 4.69) is 5.32 Å². The Balaban J connectivity index is 0.00000176. The van der Waals surface area contributed by atoms with Crippen LogP contribution in [0.4, 0.5) is 5.69 Å². The number of hydrogen-bond donors (Lipinski definition) is 3. The largest absolute Gasteiger partial charge is 0.504 e. The number of halogens is 1. The predicted octanol–water partition coefficient (Wildman–Crippen LogP) is 4.33. The number of rotatable bonds is 4. The Morgan fingerprint density at radius 2 is 1.45 bits per heavy atom. The summed E-state index contributed by atoms with van der Waals surface area (Å²) in [6, 6.07) is 19.3. The lowest BCUT2D eigenvalue weighted by atomic mass is 10.0. The fourth-order valence-electron chi connectivity index (χ4n) is 2.39. The van der Waals surface area contributed by atoms with Crippen molar-refractivity contribution in [3.8, 4) is 11.5 Å². The summed E-state index contributed by atoms with van der Waals surface area (Å²) in [6.45, 7) is 0.847. The van der Waals surface area contributed by atoms with Crippen LogP contribution < -0.4 is 5.32 Å². The van der Waals surface area contributed by atoms with Crippen LogP contribution in [-0.2, 0) is 6.42 Å². The Morgan fingerprint density at radius 1 is 0.773 bits per heavy atom. The van der Waals surface area contributed by atoms with Crippen molar-refractivity contribution in [1.82, 2.24) is 0 Å². The van der Waals surface area contributed by atoms with Crippen LogP contribution in [0.15, 0.2) is 60.7 Å². The maximum absolute atomic E-state index is 9.57. The number of nitrogens with one attached hydrogen (secondary N) is 1. The average Bonchev–Trinajstić information content (AvgIpc) is 2.50. The van der Waals surface area contributed by atoms with E-state index in [9.17, 15) is 10.2 Å². The van der Waals surface area contributed by atoms with Gasteiger partial charge in [0.25, 0.3) is 0 Å². The first-order valence-electron chi connectivity index (χ1n) is 6.96. The number of phenolic OH excluding ortho intramolecular Hbond substituents is 2. The first-order chi connectivity index (χ1) is 10.2. The first-order valence-corrected chi connectivity index (χ1v) is 6.96. The Labute approximate surface area is 135 Å². The molecular weight excluding hydrogens is 298 g/mol. The molecule has 0 aliphatic rings. The molecule has 0 atom stereocenters. The van der Waals surface area contributed by atoms with E-state index >= 15 is 0 Å². The minimum Gasteiger partial charge on any atom is -0.504 e. The maximum atomic E-state index is 9.57. The van der Waals surface area contributed by atoms with Gasteiger partial charge < -0.3 is 15.5 Å². The smallest absolute Gasteiger partial charge is 0.158 e. The van der Waals surface area contributed by atoms with Crippen molar-refractivity contribution in [3.05, 3.63) is 66.2 Å². The average molecular weight is 316 g/mol. The Kier molecular flexibility index (Phi) is 5.12. The summed E-state index contributed by atoms with van der Waals surface area (Å²) in [7, 11) is 0. The third kappa shape index (κ3) is 3.62. The minimum absolute atomic E-state index is 0. The number of benzene rings is 3. The molecule has 3 nitrogen and oxygen atoms in total. The second-order valence-corrected chi connectivity index (χ2v) is 5.07. The molecule has 0 heterocycles. The van der Waals surface area contributed by atoms with Crippen LogP contribution >= 0.6 is 12.4 Å². The molecule has 0 amide bonds. The van der Waals surface area contributed by atoms with E-state index in [0.29, 0.717) is 0 Å². The van der Waals surface area contributed by atoms with Gasteiger partial charge in [-0.05, 0) is 47.0 Å². The van der Waals surface area contributed by atoms with Gasteiger partial charge in [0.2, 0.25) is 0 Å². The zero-order valence-electron chi connectivity index (χ0n) is 12.0. The van der Waals surface area contributed by atoms with Crippen molar-refractivity contribution in [2.75, 3.05) is 11.9 Å². The van der Waals surface area contributed by atoms with Gasteiger partial charge in [0, 0.05) is 12.2 Å². The van der Waals surface area contributed by atoms with Crippen LogP contribution in [0.1, 0.15) is 5.56 Å². The van der Waals surface area contributed by atoms with Gasteiger partial charge in [0.1, 0.15) is 0 Å². The lowest BCUT2D eigenvalue weighted by Gasteiger charge is -2.08. The molecule has 114 valence electrons. The number of hydrogen-bond acceptors (Lipinski definition) is 3. The number of anilines is 1. The molecule has 0 fully saturated rings. The van der Waals surface area contributed by atoms with Crippen LogP contribution in [-0.4, -0.2) is 16.8 Å². The lowest BCUT2D eigenvalue weighted by molar-refractivity contribution is 0.405. The van der Waals surface area contributed by atoms with E-state index in [0.717, 1.165) is 29.4 Å². The van der Waals surface area contributed by atoms with E-state index < -0.39 is 0 Å². The summed E-state index contributed by atoms with van der Waals surface area (Å²) in [5.74, 6) is -0.164. The van der Waals surface area contributed by atoms with Crippen LogP contribution in [0.2, 0.25) is 0 Å². The molecule has 0 radical (unpaired) electrons. The molecular formula is C18H18ClNO2. The molecule has 3 aromatic rings. The SMILES string of the molecule is Cl.Oc1cc2ccc(CCNc3ccccc3)cc2cc1O. The summed E-state index contributed by atoms with van der Waals surface area (Å²) in [6.07, 6.45) is 0.895. The number of aromatic hydroxyl groups is 2. The van der Waals surface area contributed by atoms with Gasteiger partial charge in [0.15, 0.2) is 11.5 Å². The molecule has 0 spiro atoms. The second-order valence-electron chi connectivity index (χ2n) is 5.07. The van der Waals surface area contributed by atoms with E-state index in [1.165, 1.54) is 5.56 Å². The Morgan fingerprint density at radius 3 is 2.18 bits per heavy atom. The lowest BCUT2D eigenvalue weighted by Crippen LogP contribution is -2.04. The molecule has 0 aliphatic carbocycles. The fourth-order valence-corrected chi connectivity index (χ4v) is 2.39. The molecule has 0 unspecified atom stereocenters. The van der Waals surface area contributed by atoms with Crippen LogP contribution in [0, 0.1) is 0 Å². The number of para-hydroxylation sites is 1. The van der Waals surface area contributed by atoms with Gasteiger partial charge in [-0.1, -0.05) is 36.4 Å². The quantitative estimate of drug-likeness (QED) is 0.628. The monoisotopic (exact) mass is 315 g/mol. The van der Waals surface area contributed by atoms with Crippen molar-refractivity contribution in [2.45, 2.75) is 6.42 Å². The molecule has 0 saturated carbocycles. The van der Waals surface area contributed by atoms with Gasteiger partial charge in [-0.3, -0.25) is 0 Å². The van der Waals surface area contributed by atoms with Gasteiger partial charge in [0.05, 0.1) is 0 Å². The highest BCUT2D eigenvalue weighted by molar-refractivity contribution is 5.86. The van der Waals surface area contributed by atoms with E-state index in [1.807, 2.05) is 48.5 Å². The summed E-state index contributed by atoms with van der Waals surface area (Å²) in [5.41, 5.74) is 2.30. The molecule has 0 bridgehead atoms. The minimum atomic E-state index is -0.0824. The van der Waals surface area contributed by atoms with Crippen molar-refractivity contribution < 1.29 is 10.2 Å². The highest BCUT2D eigenvalue weighted by atomic mass is 35.5. The molecule has 4 heteroatoms. The topological polar surface area (TPSA) is 52.5 Å². The van der Waals surface area contributed by atoms with Crippen molar-refractivity contribution in [3.63, 3.8) is 0 Å². The van der Waals surface area contributed by atoms with Gasteiger partial charge in [-0.2, -0.15) is 0 Å². The van der Waals surface area contributed by atoms with Gasteiger partial charge >= 0.3 is 0 Å². The highest BCUT2D eigenvalue weighted by Gasteiger charge is 2.03. The maximum Gasteiger partial charge on any atom is 0.158 e. The standard InChI is InChI=1S/C18H17NO2.ClH/c20-17-11-14-7-6-13(10-15(14)12-18(17)21)8-9-19-16-4-2-1-3-5-16;/h1-7,10-12,19-21H,8-9H2;1H. The van der Waals surface area contributed by atoms with Crippen LogP contribution in [0.3, 0.4) is 0 Å². The second kappa shape index (κ2) is 7.05. The summed E-state index contributed by atoms with van der Waals surface area (Å²) in [5, 5.41) is 24.3. The molecule has 3 aromatic carbocycles. The van der Waals surface area contributed by atoms with E-state index in [1.54, 1.807) is 12.1 Å². The van der Waals surface area contributed by atoms with Gasteiger partial charge in [-0.15, -0.1) is 12.4 Å². The summed E-state index contributed by atoms with van der Waals surface area (Å²) >= 11 is 0. The fraction of sp³-hybridized carbons (Fsp3) is 0.111. The predicted molar refractivity (Wildman–Crippen MR) is 93.2 cm³/mol. The van der Waals surface area contributed by atoms with Crippen LogP contribution in [0.25, 0.3) is 10.8 Å². The Bertz CT molecular complexity index is 760. The van der Waals surface area contributed by atoms with Crippen molar-refractivity contribution >= 4 is 28.9 Å². The zero-order valence-corrected chi connectivity index (χ0v) is 12.8. The molecule has 0 aliphatic heterocycles. The normalized spacial score (nSPS) is 10.2. The van der Waals surface area contributed by atoms with E-state index in [-0.39, 0.29) is 23.9 Å². The van der Waals surface area contributed by atoms with Crippen molar-refractivity contribution in [2.24, 2.45) is 0 Å². The summed E-state index contributed by atoms with van der Waals surface area (Å²) < 4.78 is 0. The van der Waals surface area contributed by atoms with E-state index in [4.69, 9.17) is 0 Å². The zero-order chi connectivity index (χ0) is 14.7. The number of fused-ring (bicyclic) bond motifs is 1. The molecule has 0 aromatic heterocycles. The first kappa shape index (κ1) is 16.0.